The average molecular weight is 192 g/mol. The molecule has 3 rings (SSSR count). The fourth-order valence-electron chi connectivity index (χ4n) is 1.81. The Balaban J connectivity index is 2.01. The quantitative estimate of drug-likeness (QED) is 0.794. The first-order valence-electron chi connectivity index (χ1n) is 5.08. The molecule has 2 aliphatic rings. The molecule has 0 unspecified atom stereocenters. The molecule has 4 heteroatoms. The van der Waals surface area contributed by atoms with Crippen molar-refractivity contribution in [2.45, 2.75) is 37.6 Å². The van der Waals surface area contributed by atoms with Crippen LogP contribution in [-0.4, -0.2) is 20.9 Å². The number of hydrogen-bond acceptors (Lipinski definition) is 2. The van der Waals surface area contributed by atoms with Gasteiger partial charge in [0.25, 0.3) is 0 Å². The second-order valence-electron chi connectivity index (χ2n) is 4.21. The highest BCUT2D eigenvalue weighted by atomic mass is 16.4. The molecule has 2 saturated carbocycles. The second kappa shape index (κ2) is 2.59. The van der Waals surface area contributed by atoms with Crippen LogP contribution in [0.2, 0.25) is 0 Å². The summed E-state index contributed by atoms with van der Waals surface area (Å²) in [5.41, 5.74) is 1.35. The molecule has 0 bridgehead atoms. The molecule has 1 aromatic heterocycles. The maximum absolute atomic E-state index is 10.8. The Hall–Kier alpha value is -1.32. The first-order valence-corrected chi connectivity index (χ1v) is 5.08. The number of aromatic nitrogens is 2. The number of nitrogens with zero attached hydrogens (tertiary/aromatic N) is 2. The van der Waals surface area contributed by atoms with Crippen LogP contribution in [0.4, 0.5) is 0 Å². The molecule has 0 radical (unpaired) electrons. The van der Waals surface area contributed by atoms with Crippen LogP contribution in [0, 0.1) is 0 Å². The lowest BCUT2D eigenvalue weighted by atomic mass is 10.2. The number of aromatic carboxylic acids is 1. The number of carboxylic acids is 1. The van der Waals surface area contributed by atoms with E-state index in [0.29, 0.717) is 12.0 Å². The molecule has 2 aliphatic carbocycles. The van der Waals surface area contributed by atoms with Crippen LogP contribution in [0.1, 0.15) is 53.8 Å². The normalized spacial score (nSPS) is 21.1. The molecule has 14 heavy (non-hydrogen) atoms. The smallest absolute Gasteiger partial charge is 0.356 e. The third-order valence-electron chi connectivity index (χ3n) is 2.87. The molecule has 1 heterocycles. The van der Waals surface area contributed by atoms with Gasteiger partial charge in [-0.2, -0.15) is 5.10 Å². The van der Waals surface area contributed by atoms with Gasteiger partial charge in [-0.05, 0) is 31.7 Å². The van der Waals surface area contributed by atoms with Gasteiger partial charge in [0, 0.05) is 11.6 Å². The van der Waals surface area contributed by atoms with Gasteiger partial charge in [0.15, 0.2) is 5.69 Å². The molecule has 0 aromatic carbocycles. The molecule has 0 spiro atoms. The molecule has 0 amide bonds. The van der Waals surface area contributed by atoms with Gasteiger partial charge >= 0.3 is 5.97 Å². The van der Waals surface area contributed by atoms with Crippen molar-refractivity contribution < 1.29 is 9.90 Å². The molecule has 4 nitrogen and oxygen atoms in total. The van der Waals surface area contributed by atoms with Gasteiger partial charge in [0.2, 0.25) is 0 Å². The van der Waals surface area contributed by atoms with E-state index in [1.54, 1.807) is 6.07 Å². The van der Waals surface area contributed by atoms with Crippen molar-refractivity contribution in [1.29, 1.82) is 0 Å². The Morgan fingerprint density at radius 3 is 2.64 bits per heavy atom. The summed E-state index contributed by atoms with van der Waals surface area (Å²) in [6.07, 6.45) is 4.69. The van der Waals surface area contributed by atoms with Crippen LogP contribution in [0.25, 0.3) is 0 Å². The van der Waals surface area contributed by atoms with Gasteiger partial charge in [-0.25, -0.2) is 4.79 Å². The van der Waals surface area contributed by atoms with E-state index in [-0.39, 0.29) is 5.69 Å². The highest BCUT2D eigenvalue weighted by Gasteiger charge is 2.34. The van der Waals surface area contributed by atoms with Crippen molar-refractivity contribution in [3.05, 3.63) is 17.5 Å². The summed E-state index contributed by atoms with van der Waals surface area (Å²) in [7, 11) is 0. The van der Waals surface area contributed by atoms with E-state index < -0.39 is 5.97 Å². The van der Waals surface area contributed by atoms with E-state index >= 15 is 0 Å². The van der Waals surface area contributed by atoms with Crippen molar-refractivity contribution in [3.8, 4) is 0 Å². The third kappa shape index (κ3) is 1.22. The van der Waals surface area contributed by atoms with Crippen molar-refractivity contribution in [2.75, 3.05) is 0 Å². The Morgan fingerprint density at radius 1 is 1.43 bits per heavy atom. The molecule has 1 aromatic rings. The van der Waals surface area contributed by atoms with Crippen molar-refractivity contribution in [3.63, 3.8) is 0 Å². The fourth-order valence-corrected chi connectivity index (χ4v) is 1.81. The lowest BCUT2D eigenvalue weighted by molar-refractivity contribution is 0.0689. The SMILES string of the molecule is O=C(O)c1cc(C2CC2)n(C2CC2)n1. The molecule has 2 fully saturated rings. The van der Waals surface area contributed by atoms with Gasteiger partial charge in [0.1, 0.15) is 0 Å². The van der Waals surface area contributed by atoms with Crippen molar-refractivity contribution in [1.82, 2.24) is 9.78 Å². The molecule has 0 aliphatic heterocycles. The van der Waals surface area contributed by atoms with E-state index in [4.69, 9.17) is 5.11 Å². The minimum Gasteiger partial charge on any atom is -0.476 e. The zero-order valence-corrected chi connectivity index (χ0v) is 7.81. The molecular weight excluding hydrogens is 180 g/mol. The first-order chi connectivity index (χ1) is 6.75. The summed E-state index contributed by atoms with van der Waals surface area (Å²) in [6.45, 7) is 0. The van der Waals surface area contributed by atoms with E-state index in [9.17, 15) is 4.79 Å². The maximum Gasteiger partial charge on any atom is 0.356 e. The summed E-state index contributed by atoms with van der Waals surface area (Å²) < 4.78 is 1.95. The first kappa shape index (κ1) is 8.03. The second-order valence-corrected chi connectivity index (χ2v) is 4.21. The summed E-state index contributed by atoms with van der Waals surface area (Å²) in [5, 5.41) is 13.0. The Labute approximate surface area is 81.5 Å². The van der Waals surface area contributed by atoms with Crippen molar-refractivity contribution >= 4 is 5.97 Å². The Bertz CT molecular complexity index is 359. The van der Waals surface area contributed by atoms with Crippen LogP contribution < -0.4 is 0 Å². The minimum atomic E-state index is -0.911. The highest BCUT2D eigenvalue weighted by molar-refractivity contribution is 5.85. The predicted octanol–water partition coefficient (Wildman–Crippen LogP) is 1.79. The monoisotopic (exact) mass is 192 g/mol. The standard InChI is InChI=1S/C10H12N2O2/c13-10(14)8-5-9(6-1-2-6)12(11-8)7-3-4-7/h5-7H,1-4H2,(H,13,14). The van der Waals surface area contributed by atoms with E-state index in [1.165, 1.54) is 12.8 Å². The van der Waals surface area contributed by atoms with E-state index in [2.05, 4.69) is 5.10 Å². The van der Waals surface area contributed by atoms with Crippen LogP contribution in [0.3, 0.4) is 0 Å². The van der Waals surface area contributed by atoms with Crippen LogP contribution in [0.15, 0.2) is 6.07 Å². The summed E-state index contributed by atoms with van der Waals surface area (Å²) >= 11 is 0. The van der Waals surface area contributed by atoms with Gasteiger partial charge < -0.3 is 5.11 Å². The molecule has 0 saturated heterocycles. The lowest BCUT2D eigenvalue weighted by Crippen LogP contribution is -2.03. The molecular formula is C10H12N2O2. The van der Waals surface area contributed by atoms with E-state index in [1.807, 2.05) is 4.68 Å². The summed E-state index contributed by atoms with van der Waals surface area (Å²) in [6, 6.07) is 2.23. The maximum atomic E-state index is 10.8. The van der Waals surface area contributed by atoms with Crippen LogP contribution in [-0.2, 0) is 0 Å². The number of hydrogen-bond donors (Lipinski definition) is 1. The van der Waals surface area contributed by atoms with Gasteiger partial charge in [-0.3, -0.25) is 4.68 Å². The Morgan fingerprint density at radius 2 is 2.14 bits per heavy atom. The van der Waals surface area contributed by atoms with Gasteiger partial charge in [-0.1, -0.05) is 0 Å². The van der Waals surface area contributed by atoms with Gasteiger partial charge in [0.05, 0.1) is 6.04 Å². The zero-order valence-electron chi connectivity index (χ0n) is 7.81. The van der Waals surface area contributed by atoms with E-state index in [0.717, 1.165) is 18.5 Å². The number of carbonyl (C=O) groups is 1. The topological polar surface area (TPSA) is 55.1 Å². The average Bonchev–Trinajstić information content (AvgIpc) is 3.03. The fraction of sp³-hybridized carbons (Fsp3) is 0.600. The summed E-state index contributed by atoms with van der Waals surface area (Å²) in [4.78, 5) is 10.8. The molecule has 74 valence electrons. The molecule has 0 atom stereocenters. The molecule has 1 N–H and O–H groups in total. The summed E-state index contributed by atoms with van der Waals surface area (Å²) in [5.74, 6) is -0.331. The van der Waals surface area contributed by atoms with Gasteiger partial charge in [-0.15, -0.1) is 0 Å². The minimum absolute atomic E-state index is 0.207. The van der Waals surface area contributed by atoms with Crippen LogP contribution >= 0.6 is 0 Å². The lowest BCUT2D eigenvalue weighted by Gasteiger charge is -2.02. The predicted molar refractivity (Wildman–Crippen MR) is 49.4 cm³/mol. The highest BCUT2D eigenvalue weighted by Crippen LogP contribution is 2.44. The number of rotatable bonds is 3. The van der Waals surface area contributed by atoms with Crippen molar-refractivity contribution in [2.24, 2.45) is 0 Å². The Kier molecular flexibility index (Phi) is 1.48. The number of carboxylic acid groups (broad SMARTS) is 1. The largest absolute Gasteiger partial charge is 0.476 e. The van der Waals surface area contributed by atoms with Crippen LogP contribution in [0.5, 0.6) is 0 Å². The zero-order chi connectivity index (χ0) is 9.71. The third-order valence-corrected chi connectivity index (χ3v) is 2.87.